The number of hydrogen-bond acceptors (Lipinski definition) is 2. The Morgan fingerprint density at radius 1 is 0.840 bits per heavy atom. The third-order valence-corrected chi connectivity index (χ3v) is 4.54. The molecule has 1 unspecified atom stereocenters. The van der Waals surface area contributed by atoms with E-state index >= 15 is 0 Å². The first-order chi connectivity index (χ1) is 11.9. The molecule has 2 rings (SSSR count). The molecule has 0 fully saturated rings. The molecule has 0 spiro atoms. The van der Waals surface area contributed by atoms with E-state index in [1.807, 2.05) is 64.1 Å². The number of carbonyl (C=O) groups excluding carboxylic acids is 2. The van der Waals surface area contributed by atoms with Crippen molar-refractivity contribution in [3.05, 3.63) is 69.8 Å². The summed E-state index contributed by atoms with van der Waals surface area (Å²) in [5.74, 6) is 0. The van der Waals surface area contributed by atoms with Crippen LogP contribution in [0.15, 0.2) is 36.4 Å². The second-order valence-electron chi connectivity index (χ2n) is 5.58. The number of aryl methyl sites for hydroxylation is 4. The van der Waals surface area contributed by atoms with Crippen molar-refractivity contribution < 1.29 is 9.59 Å². The van der Waals surface area contributed by atoms with Gasteiger partial charge in [0.15, 0.2) is 0 Å². The normalized spacial score (nSPS) is 10.5. The Kier molecular flexibility index (Phi) is 13.0. The van der Waals surface area contributed by atoms with Crippen molar-refractivity contribution in [2.45, 2.75) is 38.9 Å². The van der Waals surface area contributed by atoms with Gasteiger partial charge >= 0.3 is 0 Å². The molecule has 0 aliphatic heterocycles. The molecule has 0 heterocycles. The van der Waals surface area contributed by atoms with Crippen LogP contribution in [0.25, 0.3) is 0 Å². The molecule has 0 saturated carbocycles. The summed E-state index contributed by atoms with van der Waals surface area (Å²) in [5.41, 5.74) is 6.98. The van der Waals surface area contributed by atoms with Gasteiger partial charge in [-0.2, -0.15) is 0 Å². The smallest absolute Gasteiger partial charge is 0.138 e. The van der Waals surface area contributed by atoms with Gasteiger partial charge in [-0.1, -0.05) is 52.3 Å². The molecule has 0 N–H and O–H groups in total. The molecular weight excluding hydrogens is 512 g/mol. The molecule has 5 heteroatoms. The number of carbonyl (C=O) groups is 2. The summed E-state index contributed by atoms with van der Waals surface area (Å²) in [7, 11) is 0. The fraction of sp³-hybridized carbons (Fsp3) is 0.300. The molecule has 2 aromatic rings. The largest absolute Gasteiger partial charge is 0.303 e. The second kappa shape index (κ2) is 13.4. The van der Waals surface area contributed by atoms with Crippen molar-refractivity contribution in [3.8, 4) is 0 Å². The molecule has 0 amide bonds. The highest BCUT2D eigenvalue weighted by molar-refractivity contribution is 9.93. The van der Waals surface area contributed by atoms with Gasteiger partial charge in [0.1, 0.15) is 12.6 Å². The molecule has 2 aromatic carbocycles. The first kappa shape index (κ1) is 24.2. The SMILES string of the molecule is BrBr.Cc1cccc(C)c1C(Br)C=O.Cc1cccc(C)c1CC=O. The van der Waals surface area contributed by atoms with E-state index in [9.17, 15) is 9.59 Å². The summed E-state index contributed by atoms with van der Waals surface area (Å²) in [6.45, 7) is 8.10. The van der Waals surface area contributed by atoms with Crippen LogP contribution in [0.3, 0.4) is 0 Å². The third kappa shape index (κ3) is 7.97. The molecule has 136 valence electrons. The summed E-state index contributed by atoms with van der Waals surface area (Å²) in [4.78, 5) is 20.7. The van der Waals surface area contributed by atoms with Gasteiger partial charge in [-0.3, -0.25) is 0 Å². The molecule has 25 heavy (non-hydrogen) atoms. The molecule has 0 aliphatic rings. The molecule has 0 radical (unpaired) electrons. The van der Waals surface area contributed by atoms with Gasteiger partial charge in [-0.25, -0.2) is 0 Å². The Morgan fingerprint density at radius 3 is 1.60 bits per heavy atom. The predicted octanol–water partition coefficient (Wildman–Crippen LogP) is 6.67. The minimum absolute atomic E-state index is 0.168. The van der Waals surface area contributed by atoms with Crippen LogP contribution in [0.4, 0.5) is 0 Å². The van der Waals surface area contributed by atoms with Crippen molar-refractivity contribution in [2.75, 3.05) is 0 Å². The molecule has 0 saturated heterocycles. The number of hydrogen-bond donors (Lipinski definition) is 0. The van der Waals surface area contributed by atoms with Crippen molar-refractivity contribution in [1.29, 1.82) is 0 Å². The van der Waals surface area contributed by atoms with Crippen LogP contribution in [0.5, 0.6) is 0 Å². The van der Waals surface area contributed by atoms with Crippen molar-refractivity contribution in [1.82, 2.24) is 0 Å². The van der Waals surface area contributed by atoms with Gasteiger partial charge in [0.05, 0.1) is 4.83 Å². The van der Waals surface area contributed by atoms with Gasteiger partial charge in [0.25, 0.3) is 0 Å². The van der Waals surface area contributed by atoms with Crippen LogP contribution in [0.2, 0.25) is 0 Å². The van der Waals surface area contributed by atoms with Crippen molar-refractivity contribution >= 4 is 56.8 Å². The first-order valence-electron chi connectivity index (χ1n) is 7.70. The zero-order valence-corrected chi connectivity index (χ0v) is 19.6. The van der Waals surface area contributed by atoms with E-state index in [1.165, 1.54) is 16.7 Å². The summed E-state index contributed by atoms with van der Waals surface area (Å²) in [5, 5.41) is 0. The highest BCUT2D eigenvalue weighted by atomic mass is 80.9. The number of rotatable bonds is 4. The van der Waals surface area contributed by atoms with Crippen molar-refractivity contribution in [3.63, 3.8) is 0 Å². The summed E-state index contributed by atoms with van der Waals surface area (Å²) in [6.07, 6.45) is 2.41. The number of aldehydes is 2. The van der Waals surface area contributed by atoms with E-state index in [2.05, 4.69) is 44.2 Å². The fourth-order valence-electron chi connectivity index (χ4n) is 2.58. The maximum atomic E-state index is 10.6. The van der Waals surface area contributed by atoms with E-state index in [0.717, 1.165) is 29.3 Å². The van der Waals surface area contributed by atoms with Crippen molar-refractivity contribution in [2.24, 2.45) is 0 Å². The zero-order chi connectivity index (χ0) is 19.4. The van der Waals surface area contributed by atoms with Gasteiger partial charge in [-0.15, -0.1) is 0 Å². The van der Waals surface area contributed by atoms with Gasteiger partial charge in [0, 0.05) is 34.7 Å². The third-order valence-electron chi connectivity index (χ3n) is 3.87. The van der Waals surface area contributed by atoms with Crippen LogP contribution in [0, 0.1) is 27.7 Å². The van der Waals surface area contributed by atoms with Crippen LogP contribution in [-0.4, -0.2) is 12.6 Å². The molecule has 2 nitrogen and oxygen atoms in total. The lowest BCUT2D eigenvalue weighted by atomic mass is 10.0. The monoisotopic (exact) mass is 532 g/mol. The Morgan fingerprint density at radius 2 is 1.24 bits per heavy atom. The lowest BCUT2D eigenvalue weighted by molar-refractivity contribution is -0.108. The lowest BCUT2D eigenvalue weighted by Gasteiger charge is -2.10. The maximum Gasteiger partial charge on any atom is 0.138 e. The summed E-state index contributed by atoms with van der Waals surface area (Å²) in [6, 6.07) is 12.1. The van der Waals surface area contributed by atoms with E-state index in [0.29, 0.717) is 6.42 Å². The number of alkyl halides is 1. The molecule has 0 aliphatic carbocycles. The zero-order valence-electron chi connectivity index (χ0n) is 14.9. The topological polar surface area (TPSA) is 34.1 Å². The molecule has 0 bridgehead atoms. The number of benzene rings is 2. The molecule has 1 atom stereocenters. The second-order valence-corrected chi connectivity index (χ2v) is 6.57. The van der Waals surface area contributed by atoms with Gasteiger partial charge < -0.3 is 9.59 Å². The highest BCUT2D eigenvalue weighted by Gasteiger charge is 2.10. The minimum atomic E-state index is -0.168. The predicted molar refractivity (Wildman–Crippen MR) is 117 cm³/mol. The average molecular weight is 535 g/mol. The quantitative estimate of drug-likeness (QED) is 0.324. The Hall–Kier alpha value is -0.780. The van der Waals surface area contributed by atoms with Crippen LogP contribution >= 0.6 is 44.2 Å². The van der Waals surface area contributed by atoms with Gasteiger partial charge in [0.2, 0.25) is 0 Å². The van der Waals surface area contributed by atoms with Crippen LogP contribution in [0.1, 0.15) is 38.2 Å². The van der Waals surface area contributed by atoms with Crippen LogP contribution < -0.4 is 0 Å². The Labute approximate surface area is 174 Å². The maximum absolute atomic E-state index is 10.6. The highest BCUT2D eigenvalue weighted by Crippen LogP contribution is 2.26. The van der Waals surface area contributed by atoms with Crippen LogP contribution in [-0.2, 0) is 16.0 Å². The first-order valence-corrected chi connectivity index (χ1v) is 12.3. The van der Waals surface area contributed by atoms with Gasteiger partial charge in [-0.05, 0) is 61.1 Å². The van der Waals surface area contributed by atoms with E-state index in [1.54, 1.807) is 0 Å². The molecular formula is C20H23Br3O2. The summed E-state index contributed by atoms with van der Waals surface area (Å²) < 4.78 is 0. The van der Waals surface area contributed by atoms with E-state index in [4.69, 9.17) is 0 Å². The Bertz CT molecular complexity index is 644. The minimum Gasteiger partial charge on any atom is -0.303 e. The number of halogens is 3. The van der Waals surface area contributed by atoms with E-state index < -0.39 is 0 Å². The molecule has 0 aromatic heterocycles. The fourth-order valence-corrected chi connectivity index (χ4v) is 3.31. The lowest BCUT2D eigenvalue weighted by Crippen LogP contribution is -1.97. The standard InChI is InChI=1S/C10H11BrO.C10H12O.Br2/c1-7-4-3-5-8(2)10(7)9(11)6-12;1-8-4-3-5-9(2)10(8)6-7-11;1-2/h3-6,9H,1-2H3;3-5,7H,6H2,1-2H3;. The summed E-state index contributed by atoms with van der Waals surface area (Å²) >= 11 is 8.82. The average Bonchev–Trinajstić information content (AvgIpc) is 2.60. The van der Waals surface area contributed by atoms with E-state index in [-0.39, 0.29) is 4.83 Å². The Balaban J connectivity index is 0.000000421.